The Morgan fingerprint density at radius 1 is 1.38 bits per heavy atom. The van der Waals surface area contributed by atoms with Gasteiger partial charge in [0.05, 0.1) is 23.3 Å². The van der Waals surface area contributed by atoms with Gasteiger partial charge in [0.2, 0.25) is 0 Å². The number of rotatable bonds is 4. The van der Waals surface area contributed by atoms with Crippen LogP contribution in [0.1, 0.15) is 36.7 Å². The second-order valence-corrected chi connectivity index (χ2v) is 8.23. The van der Waals surface area contributed by atoms with Crippen LogP contribution < -0.4 is 4.74 Å². The summed E-state index contributed by atoms with van der Waals surface area (Å²) >= 11 is 5.27. The molecule has 3 heterocycles. The number of nitrogens with zero attached hydrogens (tertiary/aromatic N) is 3. The lowest BCUT2D eigenvalue weighted by molar-refractivity contribution is 0.254. The first-order valence-electron chi connectivity index (χ1n) is 8.60. The van der Waals surface area contributed by atoms with Crippen molar-refractivity contribution in [2.75, 3.05) is 12.9 Å². The third kappa shape index (κ3) is 2.87. The van der Waals surface area contributed by atoms with E-state index in [-0.39, 0.29) is 17.8 Å². The fraction of sp³-hybridized carbons (Fsp3) is 0.368. The molecule has 0 amide bonds. The largest absolute Gasteiger partial charge is 0.503 e. The molecule has 2 aliphatic rings. The third-order valence-corrected chi connectivity index (χ3v) is 6.67. The van der Waals surface area contributed by atoms with Crippen molar-refractivity contribution >= 4 is 32.9 Å². The predicted octanol–water partition coefficient (Wildman–Crippen LogP) is 4.54. The van der Waals surface area contributed by atoms with Crippen LogP contribution in [0.2, 0.25) is 0 Å². The summed E-state index contributed by atoms with van der Waals surface area (Å²) in [7, 11) is 1.57. The molecule has 3 atom stereocenters. The number of phenols is 1. The number of aromatic hydroxyl groups is 1. The molecule has 136 valence electrons. The molecule has 1 N–H and O–H groups in total. The van der Waals surface area contributed by atoms with Crippen LogP contribution in [0, 0.1) is 0 Å². The quantitative estimate of drug-likeness (QED) is 0.766. The van der Waals surface area contributed by atoms with Gasteiger partial charge in [-0.1, -0.05) is 24.8 Å². The van der Waals surface area contributed by atoms with E-state index < -0.39 is 0 Å². The third-order valence-electron chi connectivity index (χ3n) is 4.94. The number of benzene rings is 1. The molecule has 4 rings (SSSR count). The normalized spacial score (nSPS) is 24.5. The topological polar surface area (TPSA) is 58.0 Å². The van der Waals surface area contributed by atoms with Crippen LogP contribution in [0.5, 0.6) is 11.5 Å². The summed E-state index contributed by atoms with van der Waals surface area (Å²) in [5.41, 5.74) is 2.01. The van der Waals surface area contributed by atoms with E-state index in [4.69, 9.17) is 9.73 Å². The smallest absolute Gasteiger partial charge is 0.172 e. The maximum Gasteiger partial charge on any atom is 0.172 e. The van der Waals surface area contributed by atoms with Crippen LogP contribution in [0.15, 0.2) is 46.0 Å². The van der Waals surface area contributed by atoms with Crippen LogP contribution in [-0.4, -0.2) is 39.1 Å². The number of fused-ring (bicyclic) bond motifs is 1. The number of hydrogen-bond acceptors (Lipinski definition) is 6. The van der Waals surface area contributed by atoms with E-state index in [1.54, 1.807) is 7.11 Å². The highest BCUT2D eigenvalue weighted by molar-refractivity contribution is 9.10. The summed E-state index contributed by atoms with van der Waals surface area (Å²) < 4.78 is 6.00. The van der Waals surface area contributed by atoms with Gasteiger partial charge in [-0.15, -0.1) is 0 Å². The molecule has 0 radical (unpaired) electrons. The number of thioether (sulfide) groups is 1. The highest BCUT2D eigenvalue weighted by atomic mass is 79.9. The molecule has 1 fully saturated rings. The summed E-state index contributed by atoms with van der Waals surface area (Å²) in [4.78, 5) is 12.0. The van der Waals surface area contributed by atoms with Crippen molar-refractivity contribution in [1.29, 1.82) is 0 Å². The number of aliphatic imine (C=N–C) groups is 1. The van der Waals surface area contributed by atoms with Gasteiger partial charge in [0, 0.05) is 18.0 Å². The molecule has 1 saturated heterocycles. The maximum absolute atomic E-state index is 10.2. The predicted molar refractivity (Wildman–Crippen MR) is 108 cm³/mol. The monoisotopic (exact) mass is 433 g/mol. The van der Waals surface area contributed by atoms with E-state index in [9.17, 15) is 5.11 Å². The van der Waals surface area contributed by atoms with Gasteiger partial charge in [-0.05, 0) is 52.2 Å². The van der Waals surface area contributed by atoms with Gasteiger partial charge in [0.25, 0.3) is 0 Å². The van der Waals surface area contributed by atoms with Crippen molar-refractivity contribution in [3.63, 3.8) is 0 Å². The van der Waals surface area contributed by atoms with E-state index in [2.05, 4.69) is 32.7 Å². The van der Waals surface area contributed by atoms with Gasteiger partial charge >= 0.3 is 0 Å². The van der Waals surface area contributed by atoms with Crippen LogP contribution >= 0.6 is 27.7 Å². The SMILES string of the molecule is CC[C@H]1CSC2=N[C@H](c3ccccn3)[C@@H](c3cc(Br)c(O)c(OC)c3)N21. The molecule has 5 nitrogen and oxygen atoms in total. The standard InChI is InChI=1S/C19H20BrN3O2S/c1-3-12-10-26-19-22-16(14-6-4-5-7-21-14)17(23(12)19)11-8-13(20)18(24)15(9-11)25-2/h4-9,12,16-17,24H,3,10H2,1-2H3/t12-,16+,17+/m0/s1. The van der Waals surface area contributed by atoms with E-state index in [1.807, 2.05) is 48.3 Å². The molecule has 1 aromatic carbocycles. The maximum atomic E-state index is 10.2. The summed E-state index contributed by atoms with van der Waals surface area (Å²) in [6, 6.07) is 10.2. The number of methoxy groups -OCH3 is 1. The molecule has 1 aromatic heterocycles. The van der Waals surface area contributed by atoms with Crippen LogP contribution in [0.4, 0.5) is 0 Å². The lowest BCUT2D eigenvalue weighted by atomic mass is 9.95. The number of hydrogen-bond donors (Lipinski definition) is 1. The number of ether oxygens (including phenoxy) is 1. The Hall–Kier alpha value is -1.73. The Bertz CT molecular complexity index is 846. The molecule has 0 bridgehead atoms. The van der Waals surface area contributed by atoms with Crippen molar-refractivity contribution in [2.45, 2.75) is 31.5 Å². The molecule has 0 spiro atoms. The molecule has 2 aromatic rings. The Morgan fingerprint density at radius 3 is 2.92 bits per heavy atom. The number of amidine groups is 1. The molecule has 0 unspecified atom stereocenters. The Labute approximate surface area is 165 Å². The Balaban J connectivity index is 1.83. The molecule has 7 heteroatoms. The van der Waals surface area contributed by atoms with Crippen molar-refractivity contribution in [2.24, 2.45) is 4.99 Å². The lowest BCUT2D eigenvalue weighted by Gasteiger charge is -2.32. The lowest BCUT2D eigenvalue weighted by Crippen LogP contribution is -2.35. The van der Waals surface area contributed by atoms with E-state index in [0.29, 0.717) is 16.3 Å². The van der Waals surface area contributed by atoms with E-state index >= 15 is 0 Å². The van der Waals surface area contributed by atoms with E-state index in [1.165, 1.54) is 0 Å². The molecule has 0 saturated carbocycles. The zero-order valence-corrected chi connectivity index (χ0v) is 17.0. The number of halogens is 1. The number of phenolic OH excluding ortho intramolecular Hbond substituents is 1. The first-order valence-corrected chi connectivity index (χ1v) is 10.4. The number of pyridine rings is 1. The molecular weight excluding hydrogens is 414 g/mol. The highest BCUT2D eigenvalue weighted by Crippen LogP contribution is 2.50. The molecule has 26 heavy (non-hydrogen) atoms. The summed E-state index contributed by atoms with van der Waals surface area (Å²) in [5, 5.41) is 11.3. The summed E-state index contributed by atoms with van der Waals surface area (Å²) in [6.45, 7) is 2.21. The average molecular weight is 434 g/mol. The van der Waals surface area contributed by atoms with E-state index in [0.717, 1.165) is 28.6 Å². The van der Waals surface area contributed by atoms with Gasteiger partial charge in [-0.2, -0.15) is 0 Å². The molecule has 0 aliphatic carbocycles. The highest BCUT2D eigenvalue weighted by Gasteiger charge is 2.45. The van der Waals surface area contributed by atoms with Gasteiger partial charge in [0.15, 0.2) is 16.7 Å². The second-order valence-electron chi connectivity index (χ2n) is 6.39. The van der Waals surface area contributed by atoms with Crippen molar-refractivity contribution in [3.8, 4) is 11.5 Å². The van der Waals surface area contributed by atoms with Crippen LogP contribution in [0.3, 0.4) is 0 Å². The first kappa shape index (κ1) is 17.7. The van der Waals surface area contributed by atoms with Crippen molar-refractivity contribution in [1.82, 2.24) is 9.88 Å². The van der Waals surface area contributed by atoms with Gasteiger partial charge in [0.1, 0.15) is 6.04 Å². The first-order chi connectivity index (χ1) is 12.6. The minimum Gasteiger partial charge on any atom is -0.503 e. The average Bonchev–Trinajstić information content (AvgIpc) is 3.23. The Morgan fingerprint density at radius 2 is 2.23 bits per heavy atom. The summed E-state index contributed by atoms with van der Waals surface area (Å²) in [6.07, 6.45) is 2.88. The fourth-order valence-corrected chi connectivity index (χ4v) is 5.43. The van der Waals surface area contributed by atoms with Gasteiger partial charge < -0.3 is 14.7 Å². The Kier molecular flexibility index (Phi) is 4.84. The zero-order valence-electron chi connectivity index (χ0n) is 14.6. The summed E-state index contributed by atoms with van der Waals surface area (Å²) in [5.74, 6) is 1.63. The number of aromatic nitrogens is 1. The minimum absolute atomic E-state index is 0.0330. The van der Waals surface area contributed by atoms with Crippen LogP contribution in [0.25, 0.3) is 0 Å². The molecule has 2 aliphatic heterocycles. The zero-order chi connectivity index (χ0) is 18.3. The minimum atomic E-state index is -0.0748. The second kappa shape index (κ2) is 7.12. The van der Waals surface area contributed by atoms with Gasteiger partial charge in [-0.25, -0.2) is 0 Å². The van der Waals surface area contributed by atoms with Crippen LogP contribution in [-0.2, 0) is 0 Å². The van der Waals surface area contributed by atoms with Crippen molar-refractivity contribution in [3.05, 3.63) is 52.3 Å². The van der Waals surface area contributed by atoms with Gasteiger partial charge in [-0.3, -0.25) is 9.98 Å². The van der Waals surface area contributed by atoms with Crippen molar-refractivity contribution < 1.29 is 9.84 Å². The fourth-order valence-electron chi connectivity index (χ4n) is 3.63. The molecular formula is C19H20BrN3O2S.